The van der Waals surface area contributed by atoms with Crippen LogP contribution in [0.25, 0.3) is 0 Å². The average Bonchev–Trinajstić information content (AvgIpc) is 3.52. The maximum absolute atomic E-state index is 12.6. The summed E-state index contributed by atoms with van der Waals surface area (Å²) >= 11 is 0. The Morgan fingerprint density at radius 1 is 1.13 bits per heavy atom. The van der Waals surface area contributed by atoms with Crippen LogP contribution >= 0.6 is 0 Å². The van der Waals surface area contributed by atoms with Gasteiger partial charge in [-0.15, -0.1) is 0 Å². The van der Waals surface area contributed by atoms with E-state index in [1.165, 1.54) is 30.3 Å². The molecule has 31 heavy (non-hydrogen) atoms. The van der Waals surface area contributed by atoms with Gasteiger partial charge in [0.25, 0.3) is 5.69 Å². The van der Waals surface area contributed by atoms with Crippen LogP contribution in [-0.2, 0) is 21.0 Å². The third-order valence-corrected chi connectivity index (χ3v) is 6.31. The Morgan fingerprint density at radius 2 is 1.81 bits per heavy atom. The fourth-order valence-electron chi connectivity index (χ4n) is 3.12. The molecule has 2 aromatic rings. The summed E-state index contributed by atoms with van der Waals surface area (Å²) in [4.78, 5) is 22.0. The summed E-state index contributed by atoms with van der Waals surface area (Å²) in [7, 11) is -3.99. The molecule has 2 atom stereocenters. The maximum atomic E-state index is 12.6. The van der Waals surface area contributed by atoms with Gasteiger partial charge in [0.15, 0.2) is 0 Å². The number of non-ortho nitro benzene ring substituents is 1. The molecule has 2 unspecified atom stereocenters. The van der Waals surface area contributed by atoms with Gasteiger partial charge in [0.2, 0.25) is 15.9 Å². The molecule has 1 saturated carbocycles. The summed E-state index contributed by atoms with van der Waals surface area (Å²) in [6.45, 7) is -0.141. The molecule has 0 aromatic heterocycles. The van der Waals surface area contributed by atoms with E-state index in [0.29, 0.717) is 12.0 Å². The molecule has 0 radical (unpaired) electrons. The van der Waals surface area contributed by atoms with Gasteiger partial charge < -0.3 is 5.32 Å². The number of amides is 1. The average molecular weight is 457 g/mol. The second-order valence-electron chi connectivity index (χ2n) is 7.01. The summed E-state index contributed by atoms with van der Waals surface area (Å²) in [5.74, 6) is -0.881. The zero-order valence-corrected chi connectivity index (χ0v) is 16.7. The molecule has 0 aliphatic heterocycles. The van der Waals surface area contributed by atoms with Crippen molar-refractivity contribution < 1.29 is 31.3 Å². The molecule has 1 aliphatic rings. The number of nitro groups is 1. The first-order chi connectivity index (χ1) is 14.5. The lowest BCUT2D eigenvalue weighted by atomic mass is 10.1. The van der Waals surface area contributed by atoms with Crippen LogP contribution in [0, 0.1) is 16.0 Å². The zero-order valence-electron chi connectivity index (χ0n) is 15.9. The van der Waals surface area contributed by atoms with Gasteiger partial charge in [-0.3, -0.25) is 14.9 Å². The van der Waals surface area contributed by atoms with E-state index >= 15 is 0 Å². The molecule has 2 N–H and O–H groups in total. The normalized spacial score (nSPS) is 18.4. The number of carbonyl (C=O) groups excluding carboxylic acids is 1. The first kappa shape index (κ1) is 22.7. The minimum Gasteiger partial charge on any atom is -0.355 e. The quantitative estimate of drug-likeness (QED) is 0.359. The van der Waals surface area contributed by atoms with Gasteiger partial charge in [0.1, 0.15) is 0 Å². The van der Waals surface area contributed by atoms with Crippen molar-refractivity contribution >= 4 is 21.6 Å². The molecule has 0 heterocycles. The van der Waals surface area contributed by atoms with Crippen molar-refractivity contribution in [3.8, 4) is 0 Å². The number of hydrogen-bond acceptors (Lipinski definition) is 5. The minimum absolute atomic E-state index is 0.0107. The van der Waals surface area contributed by atoms with Crippen molar-refractivity contribution in [1.29, 1.82) is 0 Å². The van der Waals surface area contributed by atoms with Crippen molar-refractivity contribution in [3.63, 3.8) is 0 Å². The maximum Gasteiger partial charge on any atom is 0.416 e. The Morgan fingerprint density at radius 3 is 2.42 bits per heavy atom. The number of nitrogens with one attached hydrogen (secondary N) is 2. The monoisotopic (exact) mass is 457 g/mol. The second-order valence-corrected chi connectivity index (χ2v) is 8.78. The molecule has 2 aromatic carbocycles. The van der Waals surface area contributed by atoms with Crippen molar-refractivity contribution in [2.75, 3.05) is 13.1 Å². The van der Waals surface area contributed by atoms with Crippen molar-refractivity contribution in [1.82, 2.24) is 10.0 Å². The standard InChI is InChI=1S/C19H18F3N3O5S/c20-19(21,22)13-6-4-12(5-7-13)16-11-17(16)18(26)23-8-9-24-31(29,30)15-3-1-2-14(10-15)25(27)28/h1-7,10,16-17,24H,8-9,11H2,(H,23,26). The largest absolute Gasteiger partial charge is 0.416 e. The highest BCUT2D eigenvalue weighted by Gasteiger charge is 2.44. The summed E-state index contributed by atoms with van der Waals surface area (Å²) in [5.41, 5.74) is -0.479. The highest BCUT2D eigenvalue weighted by Crippen LogP contribution is 2.47. The molecule has 3 rings (SSSR count). The Balaban J connectivity index is 1.47. The van der Waals surface area contributed by atoms with Gasteiger partial charge in [0, 0.05) is 31.1 Å². The van der Waals surface area contributed by atoms with Crippen LogP contribution in [0.3, 0.4) is 0 Å². The number of nitrogens with zero attached hydrogens (tertiary/aromatic N) is 1. The van der Waals surface area contributed by atoms with E-state index in [1.54, 1.807) is 0 Å². The molecular formula is C19H18F3N3O5S. The van der Waals surface area contributed by atoms with E-state index in [4.69, 9.17) is 0 Å². The third kappa shape index (κ3) is 5.58. The highest BCUT2D eigenvalue weighted by atomic mass is 32.2. The Kier molecular flexibility index (Phi) is 6.32. The SMILES string of the molecule is O=C(NCCNS(=O)(=O)c1cccc([N+](=O)[O-])c1)C1CC1c1ccc(C(F)(F)F)cc1. The van der Waals surface area contributed by atoms with Gasteiger partial charge in [-0.2, -0.15) is 13.2 Å². The fourth-order valence-corrected chi connectivity index (χ4v) is 4.19. The van der Waals surface area contributed by atoms with Gasteiger partial charge >= 0.3 is 6.18 Å². The number of nitro benzene ring substituents is 1. The number of sulfonamides is 1. The van der Waals surface area contributed by atoms with Crippen LogP contribution in [0.2, 0.25) is 0 Å². The van der Waals surface area contributed by atoms with E-state index < -0.39 is 26.7 Å². The molecule has 1 fully saturated rings. The molecule has 1 amide bonds. The third-order valence-electron chi connectivity index (χ3n) is 4.85. The first-order valence-electron chi connectivity index (χ1n) is 9.18. The predicted octanol–water partition coefficient (Wildman–Crippen LogP) is 2.81. The van der Waals surface area contributed by atoms with Crippen LogP contribution < -0.4 is 10.0 Å². The first-order valence-corrected chi connectivity index (χ1v) is 10.7. The topological polar surface area (TPSA) is 118 Å². The summed E-state index contributed by atoms with van der Waals surface area (Å²) < 4.78 is 64.5. The fraction of sp³-hybridized carbons (Fsp3) is 0.316. The predicted molar refractivity (Wildman–Crippen MR) is 104 cm³/mol. The van der Waals surface area contributed by atoms with Crippen LogP contribution in [0.4, 0.5) is 18.9 Å². The van der Waals surface area contributed by atoms with Crippen molar-refractivity contribution in [2.45, 2.75) is 23.4 Å². The van der Waals surface area contributed by atoms with Crippen molar-refractivity contribution in [3.05, 3.63) is 69.8 Å². The summed E-state index contributed by atoms with van der Waals surface area (Å²) in [6, 6.07) is 9.23. The summed E-state index contributed by atoms with van der Waals surface area (Å²) in [5, 5.41) is 13.3. The van der Waals surface area contributed by atoms with Crippen molar-refractivity contribution in [2.24, 2.45) is 5.92 Å². The van der Waals surface area contributed by atoms with E-state index in [2.05, 4.69) is 10.0 Å². The van der Waals surface area contributed by atoms with Gasteiger partial charge in [-0.05, 0) is 36.1 Å². The molecule has 1 aliphatic carbocycles. The van der Waals surface area contributed by atoms with Gasteiger partial charge in [0.05, 0.1) is 15.4 Å². The zero-order chi connectivity index (χ0) is 22.8. The van der Waals surface area contributed by atoms with Crippen LogP contribution in [0.15, 0.2) is 53.4 Å². The lowest BCUT2D eigenvalue weighted by Gasteiger charge is -2.09. The molecule has 0 bridgehead atoms. The van der Waals surface area contributed by atoms with E-state index in [9.17, 15) is 36.5 Å². The molecule has 166 valence electrons. The number of rotatable bonds is 8. The second kappa shape index (κ2) is 8.63. The molecule has 0 saturated heterocycles. The van der Waals surface area contributed by atoms with Crippen LogP contribution in [0.1, 0.15) is 23.5 Å². The lowest BCUT2D eigenvalue weighted by molar-refractivity contribution is -0.385. The smallest absolute Gasteiger partial charge is 0.355 e. The number of carbonyl (C=O) groups is 1. The summed E-state index contributed by atoms with van der Waals surface area (Å²) in [6.07, 6.45) is -3.92. The molecule has 0 spiro atoms. The lowest BCUT2D eigenvalue weighted by Crippen LogP contribution is -2.35. The molecule has 8 nitrogen and oxygen atoms in total. The van der Waals surface area contributed by atoms with Crippen LogP contribution in [-0.4, -0.2) is 32.3 Å². The van der Waals surface area contributed by atoms with Crippen LogP contribution in [0.5, 0.6) is 0 Å². The number of alkyl halides is 3. The highest BCUT2D eigenvalue weighted by molar-refractivity contribution is 7.89. The Labute approximate surface area is 175 Å². The van der Waals surface area contributed by atoms with Gasteiger partial charge in [-0.25, -0.2) is 13.1 Å². The number of hydrogen-bond donors (Lipinski definition) is 2. The Bertz CT molecular complexity index is 1090. The minimum atomic E-state index is -4.42. The Hall–Kier alpha value is -2.99. The van der Waals surface area contributed by atoms with Gasteiger partial charge in [-0.1, -0.05) is 18.2 Å². The van der Waals surface area contributed by atoms with E-state index in [1.807, 2.05) is 0 Å². The number of benzene rings is 2. The number of halogens is 3. The van der Waals surface area contributed by atoms with E-state index in [0.717, 1.165) is 18.2 Å². The van der Waals surface area contributed by atoms with E-state index in [-0.39, 0.29) is 41.4 Å². The molecular weight excluding hydrogens is 439 g/mol. The molecule has 12 heteroatoms.